The van der Waals surface area contributed by atoms with E-state index in [4.69, 9.17) is 5.14 Å². The molecular weight excluding hydrogens is 188 g/mol. The predicted octanol–water partition coefficient (Wildman–Crippen LogP) is 0.702. The second-order valence-electron chi connectivity index (χ2n) is 3.83. The molecule has 78 valence electrons. The van der Waals surface area contributed by atoms with Gasteiger partial charge in [-0.2, -0.15) is 12.7 Å². The fourth-order valence-corrected chi connectivity index (χ4v) is 2.26. The van der Waals surface area contributed by atoms with E-state index >= 15 is 0 Å². The fraction of sp³-hybridized carbons (Fsp3) is 1.00. The molecule has 0 unspecified atom stereocenters. The molecular formula is C8H18N2O2S. The van der Waals surface area contributed by atoms with Crippen LogP contribution in [-0.2, 0) is 10.2 Å². The van der Waals surface area contributed by atoms with Crippen LogP contribution in [0.4, 0.5) is 0 Å². The van der Waals surface area contributed by atoms with E-state index in [1.54, 1.807) is 7.05 Å². The van der Waals surface area contributed by atoms with E-state index < -0.39 is 10.2 Å². The maximum absolute atomic E-state index is 10.9. The smallest absolute Gasteiger partial charge is 0.216 e. The first-order valence-electron chi connectivity index (χ1n) is 4.74. The highest BCUT2D eigenvalue weighted by atomic mass is 32.2. The Morgan fingerprint density at radius 2 is 1.85 bits per heavy atom. The van der Waals surface area contributed by atoms with Crippen molar-refractivity contribution in [1.82, 2.24) is 4.31 Å². The Labute approximate surface area is 80.3 Å². The topological polar surface area (TPSA) is 63.4 Å². The number of rotatable bonds is 3. The van der Waals surface area contributed by atoms with Crippen molar-refractivity contribution in [3.05, 3.63) is 0 Å². The molecule has 1 rings (SSSR count). The summed E-state index contributed by atoms with van der Waals surface area (Å²) >= 11 is 0. The van der Waals surface area contributed by atoms with Gasteiger partial charge in [-0.05, 0) is 18.8 Å². The van der Waals surface area contributed by atoms with Crippen molar-refractivity contribution in [2.24, 2.45) is 11.1 Å². The Morgan fingerprint density at radius 1 is 1.31 bits per heavy atom. The zero-order valence-corrected chi connectivity index (χ0v) is 8.89. The van der Waals surface area contributed by atoms with Crippen LogP contribution in [0.15, 0.2) is 0 Å². The number of nitrogens with zero attached hydrogens (tertiary/aromatic N) is 1. The van der Waals surface area contributed by atoms with Crippen LogP contribution in [0.25, 0.3) is 0 Å². The molecule has 1 saturated carbocycles. The molecule has 0 amide bonds. The molecule has 0 spiro atoms. The van der Waals surface area contributed by atoms with E-state index in [-0.39, 0.29) is 0 Å². The summed E-state index contributed by atoms with van der Waals surface area (Å²) in [4.78, 5) is 0. The molecule has 0 aromatic heterocycles. The second-order valence-corrected chi connectivity index (χ2v) is 5.48. The van der Waals surface area contributed by atoms with Crippen LogP contribution < -0.4 is 5.14 Å². The van der Waals surface area contributed by atoms with Crippen molar-refractivity contribution in [3.8, 4) is 0 Å². The zero-order chi connectivity index (χ0) is 9.90. The summed E-state index contributed by atoms with van der Waals surface area (Å²) in [7, 11) is -1.92. The molecule has 0 aromatic carbocycles. The normalized spacial score (nSPS) is 20.8. The maximum atomic E-state index is 10.9. The minimum Gasteiger partial charge on any atom is -0.216 e. The molecule has 1 fully saturated rings. The van der Waals surface area contributed by atoms with Crippen molar-refractivity contribution < 1.29 is 8.42 Å². The lowest BCUT2D eigenvalue weighted by atomic mass is 9.89. The predicted molar refractivity (Wildman–Crippen MR) is 52.3 cm³/mol. The van der Waals surface area contributed by atoms with Gasteiger partial charge in [-0.1, -0.05) is 19.3 Å². The van der Waals surface area contributed by atoms with E-state index in [2.05, 4.69) is 0 Å². The highest BCUT2D eigenvalue weighted by molar-refractivity contribution is 7.86. The van der Waals surface area contributed by atoms with E-state index in [0.717, 1.165) is 12.8 Å². The molecule has 0 aromatic rings. The fourth-order valence-electron chi connectivity index (χ4n) is 1.84. The van der Waals surface area contributed by atoms with E-state index in [9.17, 15) is 8.42 Å². The molecule has 5 heteroatoms. The summed E-state index contributed by atoms with van der Waals surface area (Å²) in [6.07, 6.45) is 6.02. The van der Waals surface area contributed by atoms with Crippen LogP contribution in [0, 0.1) is 5.92 Å². The second kappa shape index (κ2) is 4.39. The molecule has 1 aliphatic rings. The third-order valence-corrected chi connectivity index (χ3v) is 3.69. The standard InChI is InChI=1S/C8H18N2O2S/c1-10(13(9,11)12)7-8-5-3-2-4-6-8/h8H,2-7H2,1H3,(H2,9,11,12). The summed E-state index contributed by atoms with van der Waals surface area (Å²) in [6.45, 7) is 0.582. The Bertz CT molecular complexity index is 245. The highest BCUT2D eigenvalue weighted by Gasteiger charge is 2.19. The molecule has 13 heavy (non-hydrogen) atoms. The van der Waals surface area contributed by atoms with Gasteiger partial charge in [0.25, 0.3) is 10.2 Å². The van der Waals surface area contributed by atoms with Gasteiger partial charge in [0.05, 0.1) is 0 Å². The van der Waals surface area contributed by atoms with Crippen molar-refractivity contribution in [1.29, 1.82) is 0 Å². The Kier molecular flexibility index (Phi) is 3.70. The van der Waals surface area contributed by atoms with Crippen LogP contribution in [0.1, 0.15) is 32.1 Å². The molecule has 0 radical (unpaired) electrons. The van der Waals surface area contributed by atoms with Crippen LogP contribution in [-0.4, -0.2) is 26.3 Å². The molecule has 4 nitrogen and oxygen atoms in total. The largest absolute Gasteiger partial charge is 0.276 e. The molecule has 0 atom stereocenters. The van der Waals surface area contributed by atoms with Crippen molar-refractivity contribution in [3.63, 3.8) is 0 Å². The Hall–Kier alpha value is -0.130. The first-order chi connectivity index (χ1) is 6.00. The SMILES string of the molecule is CN(CC1CCCCC1)S(N)(=O)=O. The van der Waals surface area contributed by atoms with E-state index in [1.807, 2.05) is 0 Å². The van der Waals surface area contributed by atoms with Gasteiger partial charge in [0.1, 0.15) is 0 Å². The van der Waals surface area contributed by atoms with Crippen molar-refractivity contribution in [2.45, 2.75) is 32.1 Å². The average Bonchev–Trinajstić information content (AvgIpc) is 2.04. The first-order valence-corrected chi connectivity index (χ1v) is 6.24. The monoisotopic (exact) mass is 206 g/mol. The minimum atomic E-state index is -3.47. The maximum Gasteiger partial charge on any atom is 0.276 e. The van der Waals surface area contributed by atoms with E-state index in [0.29, 0.717) is 12.5 Å². The molecule has 0 bridgehead atoms. The van der Waals surface area contributed by atoms with Crippen molar-refractivity contribution in [2.75, 3.05) is 13.6 Å². The first kappa shape index (κ1) is 10.9. The van der Waals surface area contributed by atoms with Gasteiger partial charge >= 0.3 is 0 Å². The summed E-state index contributed by atoms with van der Waals surface area (Å²) in [5, 5.41) is 4.99. The lowest BCUT2D eigenvalue weighted by molar-refractivity contribution is 0.300. The number of hydrogen-bond donors (Lipinski definition) is 1. The molecule has 0 saturated heterocycles. The third-order valence-electron chi connectivity index (χ3n) is 2.67. The van der Waals surface area contributed by atoms with Gasteiger partial charge in [-0.3, -0.25) is 0 Å². The van der Waals surface area contributed by atoms with Gasteiger partial charge in [-0.25, -0.2) is 5.14 Å². The van der Waals surface area contributed by atoms with Crippen molar-refractivity contribution >= 4 is 10.2 Å². The summed E-state index contributed by atoms with van der Waals surface area (Å²) in [6, 6.07) is 0. The molecule has 0 aliphatic heterocycles. The van der Waals surface area contributed by atoms with Crippen LogP contribution in [0.3, 0.4) is 0 Å². The lowest BCUT2D eigenvalue weighted by Gasteiger charge is -2.25. The third kappa shape index (κ3) is 3.62. The Morgan fingerprint density at radius 3 is 2.31 bits per heavy atom. The summed E-state index contributed by atoms with van der Waals surface area (Å²) < 4.78 is 23.1. The zero-order valence-electron chi connectivity index (χ0n) is 8.07. The van der Waals surface area contributed by atoms with Gasteiger partial charge < -0.3 is 0 Å². The highest BCUT2D eigenvalue weighted by Crippen LogP contribution is 2.24. The van der Waals surface area contributed by atoms with Crippen LogP contribution >= 0.6 is 0 Å². The van der Waals surface area contributed by atoms with Gasteiger partial charge in [-0.15, -0.1) is 0 Å². The minimum absolute atomic E-state index is 0.511. The van der Waals surface area contributed by atoms with Gasteiger partial charge in [0.15, 0.2) is 0 Å². The van der Waals surface area contributed by atoms with Gasteiger partial charge in [0, 0.05) is 13.6 Å². The van der Waals surface area contributed by atoms with Crippen LogP contribution in [0.5, 0.6) is 0 Å². The summed E-state index contributed by atoms with van der Waals surface area (Å²) in [5.41, 5.74) is 0. The Balaban J connectivity index is 2.39. The number of hydrogen-bond acceptors (Lipinski definition) is 2. The lowest BCUT2D eigenvalue weighted by Crippen LogP contribution is -2.37. The van der Waals surface area contributed by atoms with E-state index in [1.165, 1.54) is 23.6 Å². The quantitative estimate of drug-likeness (QED) is 0.739. The van der Waals surface area contributed by atoms with Gasteiger partial charge in [0.2, 0.25) is 0 Å². The molecule has 2 N–H and O–H groups in total. The molecule has 1 aliphatic carbocycles. The summed E-state index contributed by atoms with van der Waals surface area (Å²) in [5.74, 6) is 0.511. The van der Waals surface area contributed by atoms with Crippen LogP contribution in [0.2, 0.25) is 0 Å². The number of nitrogens with two attached hydrogens (primary N) is 1. The molecule has 0 heterocycles. The average molecular weight is 206 g/mol.